The molecule has 28 heavy (non-hydrogen) atoms. The predicted molar refractivity (Wildman–Crippen MR) is 117 cm³/mol. The number of allylic oxidation sites excluding steroid dienone is 2. The molecule has 0 bridgehead atoms. The molecule has 0 radical (unpaired) electrons. The van der Waals surface area contributed by atoms with Gasteiger partial charge >= 0.3 is 0 Å². The zero-order valence-corrected chi connectivity index (χ0v) is 16.8. The third kappa shape index (κ3) is 2.50. The van der Waals surface area contributed by atoms with Gasteiger partial charge in [0.2, 0.25) is 5.69 Å². The van der Waals surface area contributed by atoms with Gasteiger partial charge in [-0.3, -0.25) is 0 Å². The third-order valence-corrected chi connectivity index (χ3v) is 6.55. The van der Waals surface area contributed by atoms with E-state index in [1.807, 2.05) is 0 Å². The van der Waals surface area contributed by atoms with Crippen molar-refractivity contribution in [2.45, 2.75) is 31.6 Å². The minimum atomic E-state index is 0.00947. The Morgan fingerprint density at radius 2 is 1.39 bits per heavy atom. The molecule has 3 aromatic carbocycles. The van der Waals surface area contributed by atoms with Crippen molar-refractivity contribution in [1.82, 2.24) is 0 Å². The van der Waals surface area contributed by atoms with Crippen molar-refractivity contribution in [3.8, 4) is 0 Å². The molecule has 1 aliphatic carbocycles. The van der Waals surface area contributed by atoms with Crippen LogP contribution in [0.5, 0.6) is 0 Å². The van der Waals surface area contributed by atoms with Gasteiger partial charge in [0.25, 0.3) is 0 Å². The highest BCUT2D eigenvalue weighted by Crippen LogP contribution is 2.41. The molecule has 0 spiro atoms. The van der Waals surface area contributed by atoms with Gasteiger partial charge in [-0.1, -0.05) is 72.8 Å². The predicted octanol–water partition coefficient (Wildman–Crippen LogP) is 5.99. The van der Waals surface area contributed by atoms with E-state index in [2.05, 4.69) is 110 Å². The molecule has 0 unspecified atom stereocenters. The van der Waals surface area contributed by atoms with Crippen LogP contribution in [0.15, 0.2) is 84.9 Å². The van der Waals surface area contributed by atoms with E-state index in [1.165, 1.54) is 39.2 Å². The maximum absolute atomic E-state index is 2.41. The molecule has 0 aromatic heterocycles. The van der Waals surface area contributed by atoms with Crippen LogP contribution in [-0.2, 0) is 11.8 Å². The maximum Gasteiger partial charge on any atom is 0.209 e. The van der Waals surface area contributed by atoms with E-state index in [4.69, 9.17) is 0 Å². The minimum Gasteiger partial charge on any atom is -0.198 e. The summed E-state index contributed by atoms with van der Waals surface area (Å²) in [5.74, 6) is 0.307. The largest absolute Gasteiger partial charge is 0.209 e. The standard InChI is InChI=1S/C27H26N/c1-27(2)24-14-8-9-15-25(24)28(3)26(27)17-16-23-21-12-6-4-10-19(21)18-20-11-5-7-13-22(20)23/h4-17,23H,18H2,1-3H3/q+1/b17-16+. The lowest BCUT2D eigenvalue weighted by Crippen LogP contribution is -2.27. The van der Waals surface area contributed by atoms with Gasteiger partial charge < -0.3 is 0 Å². The first kappa shape index (κ1) is 17.2. The van der Waals surface area contributed by atoms with Gasteiger partial charge in [0.05, 0.1) is 5.41 Å². The van der Waals surface area contributed by atoms with Crippen molar-refractivity contribution in [3.05, 3.63) is 113 Å². The first-order valence-electron chi connectivity index (χ1n) is 10.1. The highest BCUT2D eigenvalue weighted by Gasteiger charge is 2.42. The summed E-state index contributed by atoms with van der Waals surface area (Å²) in [5.41, 5.74) is 9.86. The second-order valence-electron chi connectivity index (χ2n) is 8.50. The highest BCUT2D eigenvalue weighted by atomic mass is 15.0. The smallest absolute Gasteiger partial charge is 0.198 e. The number of rotatable bonds is 2. The molecule has 1 heteroatoms. The molecule has 1 heterocycles. The normalized spacial score (nSPS) is 17.5. The molecule has 0 saturated heterocycles. The number of fused-ring (bicyclic) bond motifs is 3. The summed E-state index contributed by atoms with van der Waals surface area (Å²) in [6.07, 6.45) is 5.81. The fraction of sp³-hybridized carbons (Fsp3) is 0.222. The zero-order chi connectivity index (χ0) is 19.3. The third-order valence-electron chi connectivity index (χ3n) is 6.55. The van der Waals surface area contributed by atoms with Gasteiger partial charge in [-0.2, -0.15) is 4.58 Å². The number of benzene rings is 3. The summed E-state index contributed by atoms with van der Waals surface area (Å²) >= 11 is 0. The van der Waals surface area contributed by atoms with E-state index in [-0.39, 0.29) is 5.41 Å². The van der Waals surface area contributed by atoms with E-state index in [0.717, 1.165) is 6.42 Å². The lowest BCUT2D eigenvalue weighted by molar-refractivity contribution is -0.401. The van der Waals surface area contributed by atoms with Crippen LogP contribution in [-0.4, -0.2) is 17.3 Å². The second kappa shape index (κ2) is 6.31. The molecule has 0 atom stereocenters. The number of hydrogen-bond donors (Lipinski definition) is 0. The van der Waals surface area contributed by atoms with Crippen molar-refractivity contribution in [1.29, 1.82) is 0 Å². The van der Waals surface area contributed by atoms with Crippen LogP contribution in [0.25, 0.3) is 0 Å². The Kier molecular flexibility index (Phi) is 3.87. The van der Waals surface area contributed by atoms with Crippen LogP contribution in [0.4, 0.5) is 5.69 Å². The van der Waals surface area contributed by atoms with Crippen molar-refractivity contribution >= 4 is 11.4 Å². The van der Waals surface area contributed by atoms with Crippen LogP contribution in [0, 0.1) is 0 Å². The highest BCUT2D eigenvalue weighted by molar-refractivity contribution is 6.03. The Morgan fingerprint density at radius 1 is 0.821 bits per heavy atom. The second-order valence-corrected chi connectivity index (χ2v) is 8.50. The van der Waals surface area contributed by atoms with Gasteiger partial charge in [0.1, 0.15) is 7.05 Å². The average Bonchev–Trinajstić information content (AvgIpc) is 2.91. The monoisotopic (exact) mass is 364 g/mol. The topological polar surface area (TPSA) is 3.01 Å². The van der Waals surface area contributed by atoms with Crippen LogP contribution in [0.1, 0.15) is 47.6 Å². The fourth-order valence-corrected chi connectivity index (χ4v) is 5.07. The molecule has 0 N–H and O–H groups in total. The lowest BCUT2D eigenvalue weighted by Gasteiger charge is -2.26. The van der Waals surface area contributed by atoms with Gasteiger partial charge in [0, 0.05) is 23.6 Å². The molecular weight excluding hydrogens is 338 g/mol. The Hall–Kier alpha value is -2.93. The maximum atomic E-state index is 2.41. The van der Waals surface area contributed by atoms with Crippen molar-refractivity contribution < 1.29 is 4.58 Å². The van der Waals surface area contributed by atoms with Gasteiger partial charge in [-0.15, -0.1) is 0 Å². The molecule has 1 nitrogen and oxygen atoms in total. The van der Waals surface area contributed by atoms with E-state index in [0.29, 0.717) is 5.92 Å². The first-order valence-corrected chi connectivity index (χ1v) is 10.1. The van der Waals surface area contributed by atoms with E-state index in [9.17, 15) is 0 Å². The van der Waals surface area contributed by atoms with Crippen LogP contribution < -0.4 is 0 Å². The van der Waals surface area contributed by atoms with Gasteiger partial charge in [0.15, 0.2) is 5.71 Å². The van der Waals surface area contributed by atoms with Crippen LogP contribution >= 0.6 is 0 Å². The quantitative estimate of drug-likeness (QED) is 0.492. The van der Waals surface area contributed by atoms with Crippen molar-refractivity contribution in [2.24, 2.45) is 0 Å². The van der Waals surface area contributed by atoms with E-state index < -0.39 is 0 Å². The zero-order valence-electron chi connectivity index (χ0n) is 16.8. The van der Waals surface area contributed by atoms with Crippen molar-refractivity contribution in [2.75, 3.05) is 7.05 Å². The Bertz CT molecular complexity index is 1080. The van der Waals surface area contributed by atoms with Crippen LogP contribution in [0.3, 0.4) is 0 Å². The number of para-hydroxylation sites is 1. The SMILES string of the molecule is C[N+]1=C(/C=C/C2c3ccccc3Cc3ccccc32)C(C)(C)c2ccccc21. The summed E-state index contributed by atoms with van der Waals surface area (Å²) in [5, 5.41) is 0. The molecule has 1 aliphatic heterocycles. The Morgan fingerprint density at radius 3 is 2.04 bits per heavy atom. The van der Waals surface area contributed by atoms with Gasteiger partial charge in [-0.25, -0.2) is 0 Å². The minimum absolute atomic E-state index is 0.00947. The molecule has 138 valence electrons. The van der Waals surface area contributed by atoms with E-state index >= 15 is 0 Å². The Labute approximate surface area is 167 Å². The lowest BCUT2D eigenvalue weighted by atomic mass is 9.77. The summed E-state index contributed by atoms with van der Waals surface area (Å²) in [6, 6.07) is 26.6. The molecule has 0 fully saturated rings. The molecule has 0 saturated carbocycles. The summed E-state index contributed by atoms with van der Waals surface area (Å²) in [4.78, 5) is 0. The number of nitrogens with zero attached hydrogens (tertiary/aromatic N) is 1. The molecule has 0 amide bonds. The number of hydrogen-bond acceptors (Lipinski definition) is 0. The fourth-order valence-electron chi connectivity index (χ4n) is 5.07. The molecule has 2 aliphatic rings. The molecule has 3 aromatic rings. The average molecular weight is 365 g/mol. The summed E-state index contributed by atoms with van der Waals surface area (Å²) in [6.45, 7) is 4.66. The van der Waals surface area contributed by atoms with Gasteiger partial charge in [-0.05, 0) is 42.5 Å². The van der Waals surface area contributed by atoms with Crippen LogP contribution in [0.2, 0.25) is 0 Å². The summed E-state index contributed by atoms with van der Waals surface area (Å²) in [7, 11) is 2.19. The van der Waals surface area contributed by atoms with Crippen molar-refractivity contribution in [3.63, 3.8) is 0 Å². The molecular formula is C27H26N+. The summed E-state index contributed by atoms with van der Waals surface area (Å²) < 4.78 is 2.35. The first-order chi connectivity index (χ1) is 13.6. The van der Waals surface area contributed by atoms with E-state index in [1.54, 1.807) is 0 Å². The molecule has 5 rings (SSSR count). The Balaban J connectivity index is 1.61.